The van der Waals surface area contributed by atoms with Crippen molar-refractivity contribution in [3.63, 3.8) is 0 Å². The third-order valence-corrected chi connectivity index (χ3v) is 5.14. The standard InChI is InChI=1S/C15H17ClN2O5S/c1-9(2)18-24(21,22)14-6-11(15(19)20)13(7-12(14)16)17-8-10-4-3-5-23-10/h3-7,9,17-18H,8H2,1-2H3,(H,19,20). The van der Waals surface area contributed by atoms with Gasteiger partial charge in [0.05, 0.1) is 29.1 Å². The fraction of sp³-hybridized carbons (Fsp3) is 0.267. The van der Waals surface area contributed by atoms with Crippen LogP contribution in [0.5, 0.6) is 0 Å². The molecule has 0 spiro atoms. The van der Waals surface area contributed by atoms with Gasteiger partial charge in [0.15, 0.2) is 0 Å². The van der Waals surface area contributed by atoms with Crippen molar-refractivity contribution in [2.24, 2.45) is 0 Å². The maximum atomic E-state index is 12.3. The average Bonchev–Trinajstić information content (AvgIpc) is 2.96. The highest BCUT2D eigenvalue weighted by Gasteiger charge is 2.23. The van der Waals surface area contributed by atoms with Crippen molar-refractivity contribution < 1.29 is 22.7 Å². The summed E-state index contributed by atoms with van der Waals surface area (Å²) in [6, 6.07) is 5.40. The Kier molecular flexibility index (Phi) is 5.53. The lowest BCUT2D eigenvalue weighted by molar-refractivity contribution is 0.0697. The fourth-order valence-corrected chi connectivity index (χ4v) is 3.86. The summed E-state index contributed by atoms with van der Waals surface area (Å²) in [6.45, 7) is 3.55. The minimum Gasteiger partial charge on any atom is -0.478 e. The number of hydrogen-bond acceptors (Lipinski definition) is 5. The molecule has 24 heavy (non-hydrogen) atoms. The van der Waals surface area contributed by atoms with Gasteiger partial charge >= 0.3 is 5.97 Å². The Morgan fingerprint density at radius 3 is 2.62 bits per heavy atom. The summed E-state index contributed by atoms with van der Waals surface area (Å²) in [5, 5.41) is 12.2. The lowest BCUT2D eigenvalue weighted by atomic mass is 10.1. The van der Waals surface area contributed by atoms with Crippen LogP contribution in [-0.4, -0.2) is 25.5 Å². The third-order valence-electron chi connectivity index (χ3n) is 3.02. The molecule has 0 saturated carbocycles. The molecule has 9 heteroatoms. The summed E-state index contributed by atoms with van der Waals surface area (Å²) in [7, 11) is -3.91. The molecule has 2 aromatic rings. The summed E-state index contributed by atoms with van der Waals surface area (Å²) in [5.41, 5.74) is 0.00230. The van der Waals surface area contributed by atoms with Gasteiger partial charge in [-0.1, -0.05) is 11.6 Å². The predicted octanol–water partition coefficient (Wildman–Crippen LogP) is 2.93. The second-order valence-electron chi connectivity index (χ2n) is 5.34. The highest BCUT2D eigenvalue weighted by atomic mass is 35.5. The van der Waals surface area contributed by atoms with Crippen molar-refractivity contribution in [2.45, 2.75) is 31.3 Å². The fourth-order valence-electron chi connectivity index (χ4n) is 2.05. The molecule has 0 saturated heterocycles. The van der Waals surface area contributed by atoms with Gasteiger partial charge in [-0.15, -0.1) is 0 Å². The lowest BCUT2D eigenvalue weighted by Crippen LogP contribution is -2.30. The van der Waals surface area contributed by atoms with E-state index in [0.29, 0.717) is 5.76 Å². The van der Waals surface area contributed by atoms with Gasteiger partial charge in [0.1, 0.15) is 10.7 Å². The van der Waals surface area contributed by atoms with Crippen LogP contribution in [0.15, 0.2) is 39.8 Å². The number of hydrogen-bond donors (Lipinski definition) is 3. The molecule has 1 aromatic heterocycles. The van der Waals surface area contributed by atoms with E-state index < -0.39 is 16.0 Å². The maximum Gasteiger partial charge on any atom is 0.337 e. The maximum absolute atomic E-state index is 12.3. The molecule has 0 aliphatic rings. The van der Waals surface area contributed by atoms with Gasteiger partial charge in [-0.2, -0.15) is 0 Å². The second kappa shape index (κ2) is 7.25. The minimum absolute atomic E-state index is 0.0740. The molecule has 1 aromatic carbocycles. The van der Waals surface area contributed by atoms with E-state index in [9.17, 15) is 18.3 Å². The minimum atomic E-state index is -3.91. The van der Waals surface area contributed by atoms with Crippen molar-refractivity contribution >= 4 is 33.3 Å². The molecular weight excluding hydrogens is 356 g/mol. The highest BCUT2D eigenvalue weighted by molar-refractivity contribution is 7.89. The van der Waals surface area contributed by atoms with Crippen LogP contribution in [0.2, 0.25) is 5.02 Å². The van der Waals surface area contributed by atoms with Crippen molar-refractivity contribution in [3.8, 4) is 0 Å². The monoisotopic (exact) mass is 372 g/mol. The van der Waals surface area contributed by atoms with E-state index in [1.165, 1.54) is 12.3 Å². The Hall–Kier alpha value is -2.03. The van der Waals surface area contributed by atoms with Crippen LogP contribution >= 0.6 is 11.6 Å². The predicted molar refractivity (Wildman–Crippen MR) is 89.9 cm³/mol. The summed E-state index contributed by atoms with van der Waals surface area (Å²) >= 11 is 6.06. The number of carbonyl (C=O) groups is 1. The first-order valence-electron chi connectivity index (χ1n) is 7.06. The third kappa shape index (κ3) is 4.28. The highest BCUT2D eigenvalue weighted by Crippen LogP contribution is 2.29. The van der Waals surface area contributed by atoms with Crippen molar-refractivity contribution in [2.75, 3.05) is 5.32 Å². The van der Waals surface area contributed by atoms with E-state index in [1.807, 2.05) is 0 Å². The van der Waals surface area contributed by atoms with Crippen LogP contribution < -0.4 is 10.0 Å². The SMILES string of the molecule is CC(C)NS(=O)(=O)c1cc(C(=O)O)c(NCc2ccco2)cc1Cl. The number of carboxylic acids is 1. The number of nitrogens with one attached hydrogen (secondary N) is 2. The molecule has 1 heterocycles. The van der Waals surface area contributed by atoms with Gasteiger partial charge in [0.25, 0.3) is 0 Å². The Labute approximate surface area is 144 Å². The van der Waals surface area contributed by atoms with E-state index in [1.54, 1.807) is 26.0 Å². The van der Waals surface area contributed by atoms with E-state index in [2.05, 4.69) is 10.0 Å². The van der Waals surface area contributed by atoms with Crippen LogP contribution in [0.1, 0.15) is 30.0 Å². The van der Waals surface area contributed by atoms with Crippen LogP contribution in [0.3, 0.4) is 0 Å². The zero-order valence-corrected chi connectivity index (χ0v) is 14.6. The normalized spacial score (nSPS) is 11.7. The smallest absolute Gasteiger partial charge is 0.337 e. The molecule has 0 unspecified atom stereocenters. The van der Waals surface area contributed by atoms with Crippen molar-refractivity contribution in [1.82, 2.24) is 4.72 Å². The first kappa shape index (κ1) is 18.3. The van der Waals surface area contributed by atoms with Gasteiger partial charge in [-0.05, 0) is 38.1 Å². The van der Waals surface area contributed by atoms with E-state index in [-0.39, 0.29) is 33.8 Å². The van der Waals surface area contributed by atoms with Gasteiger partial charge in [-0.25, -0.2) is 17.9 Å². The number of anilines is 1. The molecule has 0 aliphatic carbocycles. The number of sulfonamides is 1. The molecule has 2 rings (SSSR count). The number of benzene rings is 1. The Morgan fingerprint density at radius 2 is 2.08 bits per heavy atom. The number of rotatable bonds is 7. The number of carboxylic acid groups (broad SMARTS) is 1. The molecule has 130 valence electrons. The van der Waals surface area contributed by atoms with Crippen LogP contribution in [0, 0.1) is 0 Å². The van der Waals surface area contributed by atoms with E-state index in [0.717, 1.165) is 6.07 Å². The summed E-state index contributed by atoms with van der Waals surface area (Å²) in [4.78, 5) is 11.2. The van der Waals surface area contributed by atoms with E-state index >= 15 is 0 Å². The quantitative estimate of drug-likeness (QED) is 0.689. The zero-order chi connectivity index (χ0) is 17.9. The molecule has 0 fully saturated rings. The van der Waals surface area contributed by atoms with Gasteiger partial charge < -0.3 is 14.8 Å². The number of furan rings is 1. The molecule has 3 N–H and O–H groups in total. The molecule has 0 radical (unpaired) electrons. The average molecular weight is 373 g/mol. The molecule has 7 nitrogen and oxygen atoms in total. The Balaban J connectivity index is 2.40. The second-order valence-corrected chi connectivity index (χ2v) is 7.43. The van der Waals surface area contributed by atoms with Crippen LogP contribution in [0.25, 0.3) is 0 Å². The Morgan fingerprint density at radius 1 is 1.38 bits per heavy atom. The number of aromatic carboxylic acids is 1. The first-order valence-corrected chi connectivity index (χ1v) is 8.92. The molecule has 0 bridgehead atoms. The van der Waals surface area contributed by atoms with E-state index in [4.69, 9.17) is 16.0 Å². The largest absolute Gasteiger partial charge is 0.478 e. The number of halogens is 1. The van der Waals surface area contributed by atoms with Crippen molar-refractivity contribution in [1.29, 1.82) is 0 Å². The van der Waals surface area contributed by atoms with Gasteiger partial charge in [0, 0.05) is 6.04 Å². The summed E-state index contributed by atoms with van der Waals surface area (Å²) in [6.07, 6.45) is 1.50. The summed E-state index contributed by atoms with van der Waals surface area (Å²) in [5.74, 6) is -0.671. The summed E-state index contributed by atoms with van der Waals surface area (Å²) < 4.78 is 32.1. The van der Waals surface area contributed by atoms with Crippen LogP contribution in [-0.2, 0) is 16.6 Å². The first-order chi connectivity index (χ1) is 11.2. The molecular formula is C15H17ClN2O5S. The van der Waals surface area contributed by atoms with Gasteiger partial charge in [-0.3, -0.25) is 0 Å². The molecule has 0 aliphatic heterocycles. The van der Waals surface area contributed by atoms with Crippen molar-refractivity contribution in [3.05, 3.63) is 46.9 Å². The van der Waals surface area contributed by atoms with Gasteiger partial charge in [0.2, 0.25) is 10.0 Å². The van der Waals surface area contributed by atoms with Crippen LogP contribution in [0.4, 0.5) is 5.69 Å². The zero-order valence-electron chi connectivity index (χ0n) is 13.0. The lowest BCUT2D eigenvalue weighted by Gasteiger charge is -2.14. The Bertz CT molecular complexity index is 832. The topological polar surface area (TPSA) is 109 Å². The molecule has 0 atom stereocenters. The molecule has 0 amide bonds.